The minimum atomic E-state index is 0.0313. The maximum Gasteiger partial charge on any atom is 0.241 e. The van der Waals surface area contributed by atoms with Gasteiger partial charge in [0.25, 0.3) is 0 Å². The Labute approximate surface area is 160 Å². The summed E-state index contributed by atoms with van der Waals surface area (Å²) in [6.45, 7) is 5.99. The van der Waals surface area contributed by atoms with Gasteiger partial charge in [0.1, 0.15) is 6.54 Å². The molecular formula is C21H29N5O. The number of fused-ring (bicyclic) bond motifs is 1. The van der Waals surface area contributed by atoms with Gasteiger partial charge in [-0.25, -0.2) is 0 Å². The third kappa shape index (κ3) is 4.76. The number of benzene rings is 1. The molecule has 1 atom stereocenters. The Kier molecular flexibility index (Phi) is 5.84. The summed E-state index contributed by atoms with van der Waals surface area (Å²) in [5.74, 6) is 0.508. The highest BCUT2D eigenvalue weighted by Gasteiger charge is 2.18. The van der Waals surface area contributed by atoms with Crippen molar-refractivity contribution in [1.82, 2.24) is 25.3 Å². The number of aromatic nitrogens is 2. The Hall–Kier alpha value is -2.18. The molecule has 4 rings (SSSR count). The number of hydrogen-bond acceptors (Lipinski definition) is 4. The second kappa shape index (κ2) is 8.67. The van der Waals surface area contributed by atoms with Gasteiger partial charge in [0, 0.05) is 44.8 Å². The Morgan fingerprint density at radius 1 is 1.26 bits per heavy atom. The molecule has 144 valence electrons. The molecule has 1 unspecified atom stereocenters. The fourth-order valence-corrected chi connectivity index (χ4v) is 4.09. The van der Waals surface area contributed by atoms with Gasteiger partial charge in [0.2, 0.25) is 5.91 Å². The molecule has 6 nitrogen and oxygen atoms in total. The molecule has 0 spiro atoms. The van der Waals surface area contributed by atoms with Crippen molar-refractivity contribution in [3.8, 4) is 0 Å². The van der Waals surface area contributed by atoms with Crippen LogP contribution >= 0.6 is 0 Å². The molecule has 1 amide bonds. The zero-order valence-corrected chi connectivity index (χ0v) is 15.9. The van der Waals surface area contributed by atoms with E-state index in [1.165, 1.54) is 24.0 Å². The molecule has 2 N–H and O–H groups in total. The van der Waals surface area contributed by atoms with Crippen molar-refractivity contribution < 1.29 is 4.79 Å². The van der Waals surface area contributed by atoms with Crippen LogP contribution in [0.3, 0.4) is 0 Å². The van der Waals surface area contributed by atoms with Crippen LogP contribution in [0.25, 0.3) is 0 Å². The van der Waals surface area contributed by atoms with Crippen molar-refractivity contribution in [3.05, 3.63) is 53.3 Å². The second-order valence-electron chi connectivity index (χ2n) is 7.63. The lowest BCUT2D eigenvalue weighted by molar-refractivity contribution is -0.121. The fraction of sp³-hybridized carbons (Fsp3) is 0.524. The molecule has 1 saturated heterocycles. The van der Waals surface area contributed by atoms with Gasteiger partial charge >= 0.3 is 0 Å². The van der Waals surface area contributed by atoms with Crippen molar-refractivity contribution in [1.29, 1.82) is 0 Å². The Balaban J connectivity index is 1.20. The van der Waals surface area contributed by atoms with Crippen LogP contribution in [0.1, 0.15) is 35.6 Å². The maximum absolute atomic E-state index is 12.2. The van der Waals surface area contributed by atoms with Gasteiger partial charge in [-0.15, -0.1) is 0 Å². The fourth-order valence-electron chi connectivity index (χ4n) is 4.09. The number of rotatable bonds is 6. The zero-order valence-electron chi connectivity index (χ0n) is 15.9. The van der Waals surface area contributed by atoms with Crippen LogP contribution in [0.2, 0.25) is 0 Å². The number of carbonyl (C=O) groups excluding carboxylic acids is 1. The van der Waals surface area contributed by atoms with E-state index in [0.29, 0.717) is 19.0 Å². The van der Waals surface area contributed by atoms with E-state index in [-0.39, 0.29) is 5.91 Å². The largest absolute Gasteiger partial charge is 0.353 e. The molecule has 0 saturated carbocycles. The van der Waals surface area contributed by atoms with Crippen molar-refractivity contribution in [2.24, 2.45) is 0 Å². The molecule has 6 heteroatoms. The molecule has 0 radical (unpaired) electrons. The van der Waals surface area contributed by atoms with E-state index in [9.17, 15) is 4.79 Å². The summed E-state index contributed by atoms with van der Waals surface area (Å²) in [6, 6.07) is 10.7. The highest BCUT2D eigenvalue weighted by Crippen LogP contribution is 2.21. The molecule has 0 bridgehead atoms. The van der Waals surface area contributed by atoms with E-state index in [0.717, 1.165) is 44.8 Å². The average molecular weight is 367 g/mol. The van der Waals surface area contributed by atoms with Crippen LogP contribution in [-0.2, 0) is 24.3 Å². The third-order valence-corrected chi connectivity index (χ3v) is 5.64. The van der Waals surface area contributed by atoms with Gasteiger partial charge in [-0.3, -0.25) is 14.4 Å². The van der Waals surface area contributed by atoms with Crippen LogP contribution in [0.4, 0.5) is 0 Å². The normalized spacial score (nSPS) is 20.2. The van der Waals surface area contributed by atoms with E-state index in [1.54, 1.807) is 4.68 Å². The van der Waals surface area contributed by atoms with Crippen LogP contribution < -0.4 is 10.6 Å². The third-order valence-electron chi connectivity index (χ3n) is 5.64. The smallest absolute Gasteiger partial charge is 0.241 e. The number of nitrogens with one attached hydrogen (secondary N) is 2. The maximum atomic E-state index is 12.2. The Bertz CT molecular complexity index is 765. The molecule has 27 heavy (non-hydrogen) atoms. The standard InChI is InChI=1S/C21H29N5O/c27-21(16-26-12-8-20(24-26)18-6-3-9-22-14-18)23-10-13-25-11-7-17-4-1-2-5-19(17)15-25/h1-2,4-5,8,12,18,22H,3,6-7,9-11,13-16H2,(H,23,27). The predicted molar refractivity (Wildman–Crippen MR) is 106 cm³/mol. The average Bonchev–Trinajstić information content (AvgIpc) is 3.17. The van der Waals surface area contributed by atoms with Gasteiger partial charge in [-0.2, -0.15) is 5.10 Å². The van der Waals surface area contributed by atoms with Crippen molar-refractivity contribution in [2.45, 2.75) is 38.3 Å². The van der Waals surface area contributed by atoms with E-state index in [2.05, 4.69) is 51.0 Å². The highest BCUT2D eigenvalue weighted by molar-refractivity contribution is 5.75. The number of piperidine rings is 1. The van der Waals surface area contributed by atoms with Crippen LogP contribution in [0, 0.1) is 0 Å². The van der Waals surface area contributed by atoms with Gasteiger partial charge in [-0.1, -0.05) is 24.3 Å². The first-order valence-electron chi connectivity index (χ1n) is 10.1. The van der Waals surface area contributed by atoms with Gasteiger partial charge in [-0.05, 0) is 43.0 Å². The Morgan fingerprint density at radius 2 is 2.15 bits per heavy atom. The predicted octanol–water partition coefficient (Wildman–Crippen LogP) is 1.52. The second-order valence-corrected chi connectivity index (χ2v) is 7.63. The van der Waals surface area contributed by atoms with E-state index in [1.807, 2.05) is 6.20 Å². The number of carbonyl (C=O) groups is 1. The lowest BCUT2D eigenvalue weighted by atomic mass is 9.97. The summed E-state index contributed by atoms with van der Waals surface area (Å²) in [6.07, 6.45) is 5.38. The SMILES string of the molecule is O=C(Cn1ccc(C2CCCNC2)n1)NCCN1CCc2ccccc2C1. The number of nitrogens with zero attached hydrogens (tertiary/aromatic N) is 3. The first kappa shape index (κ1) is 18.2. The molecule has 1 aromatic carbocycles. The molecular weight excluding hydrogens is 338 g/mol. The molecule has 1 fully saturated rings. The molecule has 2 aliphatic rings. The minimum Gasteiger partial charge on any atom is -0.353 e. The summed E-state index contributed by atoms with van der Waals surface area (Å²) < 4.78 is 1.76. The van der Waals surface area contributed by atoms with Gasteiger partial charge < -0.3 is 10.6 Å². The summed E-state index contributed by atoms with van der Waals surface area (Å²) in [7, 11) is 0. The molecule has 1 aromatic heterocycles. The Morgan fingerprint density at radius 3 is 3.00 bits per heavy atom. The molecule has 2 aliphatic heterocycles. The van der Waals surface area contributed by atoms with Gasteiger partial charge in [0.05, 0.1) is 5.69 Å². The lowest BCUT2D eigenvalue weighted by Crippen LogP contribution is -2.38. The molecule has 3 heterocycles. The quantitative estimate of drug-likeness (QED) is 0.813. The van der Waals surface area contributed by atoms with E-state index < -0.39 is 0 Å². The minimum absolute atomic E-state index is 0.0313. The summed E-state index contributed by atoms with van der Waals surface area (Å²) in [5, 5.41) is 11.1. The van der Waals surface area contributed by atoms with Crippen molar-refractivity contribution in [3.63, 3.8) is 0 Å². The van der Waals surface area contributed by atoms with Crippen LogP contribution in [0.5, 0.6) is 0 Å². The summed E-state index contributed by atoms with van der Waals surface area (Å²) in [4.78, 5) is 14.6. The van der Waals surface area contributed by atoms with Crippen LogP contribution in [-0.4, -0.2) is 53.3 Å². The van der Waals surface area contributed by atoms with Crippen molar-refractivity contribution in [2.75, 3.05) is 32.7 Å². The molecule has 0 aliphatic carbocycles. The summed E-state index contributed by atoms with van der Waals surface area (Å²) in [5.41, 5.74) is 3.97. The van der Waals surface area contributed by atoms with E-state index in [4.69, 9.17) is 0 Å². The molecule has 2 aromatic rings. The zero-order chi connectivity index (χ0) is 18.5. The van der Waals surface area contributed by atoms with Gasteiger partial charge in [0.15, 0.2) is 0 Å². The highest BCUT2D eigenvalue weighted by atomic mass is 16.2. The first-order chi connectivity index (χ1) is 13.3. The monoisotopic (exact) mass is 367 g/mol. The topological polar surface area (TPSA) is 62.2 Å². The van der Waals surface area contributed by atoms with E-state index >= 15 is 0 Å². The first-order valence-corrected chi connectivity index (χ1v) is 10.1. The van der Waals surface area contributed by atoms with Crippen LogP contribution in [0.15, 0.2) is 36.5 Å². The lowest BCUT2D eigenvalue weighted by Gasteiger charge is -2.28. The summed E-state index contributed by atoms with van der Waals surface area (Å²) >= 11 is 0. The number of hydrogen-bond donors (Lipinski definition) is 2. The van der Waals surface area contributed by atoms with Crippen molar-refractivity contribution >= 4 is 5.91 Å². The number of amides is 1.